The minimum Gasteiger partial charge on any atom is -0.354 e. The van der Waals surface area contributed by atoms with Gasteiger partial charge in [-0.3, -0.25) is 9.59 Å². The lowest BCUT2D eigenvalue weighted by atomic mass is 10.0. The summed E-state index contributed by atoms with van der Waals surface area (Å²) >= 11 is 0. The number of benzene rings is 2. The average molecular weight is 426 g/mol. The van der Waals surface area contributed by atoms with E-state index in [2.05, 4.69) is 10.3 Å². The lowest BCUT2D eigenvalue weighted by molar-refractivity contribution is -0.142. The predicted molar refractivity (Wildman–Crippen MR) is 108 cm³/mol. The van der Waals surface area contributed by atoms with Gasteiger partial charge in [0.25, 0.3) is 0 Å². The van der Waals surface area contributed by atoms with Crippen molar-refractivity contribution in [3.63, 3.8) is 0 Å². The zero-order chi connectivity index (χ0) is 22.2. The first-order valence-electron chi connectivity index (χ1n) is 9.61. The van der Waals surface area contributed by atoms with E-state index in [0.29, 0.717) is 29.7 Å². The molecule has 2 heterocycles. The summed E-state index contributed by atoms with van der Waals surface area (Å²) in [6, 6.07) is 11.3. The van der Waals surface area contributed by atoms with Crippen LogP contribution in [-0.4, -0.2) is 34.8 Å². The molecule has 2 N–H and O–H groups in total. The third-order valence-electron chi connectivity index (χ3n) is 5.21. The van der Waals surface area contributed by atoms with Crippen molar-refractivity contribution in [1.82, 2.24) is 9.88 Å². The van der Waals surface area contributed by atoms with Crippen LogP contribution in [0.4, 0.5) is 18.9 Å². The number of aromatic amines is 1. The van der Waals surface area contributed by atoms with Crippen LogP contribution in [-0.2, 0) is 15.8 Å². The molecule has 9 heteroatoms. The van der Waals surface area contributed by atoms with E-state index in [1.54, 1.807) is 24.3 Å². The van der Waals surface area contributed by atoms with Crippen LogP contribution >= 0.6 is 0 Å². The summed E-state index contributed by atoms with van der Waals surface area (Å²) < 4.78 is 40.4. The first-order chi connectivity index (χ1) is 14.8. The predicted octanol–water partition coefficient (Wildman–Crippen LogP) is 4.29. The number of fused-ring (bicyclic) bond motifs is 1. The highest BCUT2D eigenvalue weighted by Gasteiger charge is 2.34. The maximum absolute atomic E-state index is 13.5. The number of H-pyrrole nitrogens is 1. The van der Waals surface area contributed by atoms with E-state index < -0.39 is 23.6 Å². The zero-order valence-corrected chi connectivity index (χ0v) is 16.2. The number of alkyl halides is 3. The number of anilines is 1. The Kier molecular flexibility index (Phi) is 5.15. The molecule has 4 rings (SSSR count). The Balaban J connectivity index is 1.65. The largest absolute Gasteiger partial charge is 0.417 e. The number of rotatable bonds is 2. The molecule has 1 aliphatic rings. The number of carbonyl (C=O) groups is 2. The van der Waals surface area contributed by atoms with E-state index in [-0.39, 0.29) is 16.8 Å². The highest BCUT2D eigenvalue weighted by Crippen LogP contribution is 2.38. The molecule has 2 aromatic carbocycles. The van der Waals surface area contributed by atoms with Gasteiger partial charge < -0.3 is 15.2 Å². The maximum Gasteiger partial charge on any atom is 0.417 e. The average Bonchev–Trinajstić information content (AvgIpc) is 3.41. The number of nitrogens with one attached hydrogen (secondary N) is 2. The first-order valence-corrected chi connectivity index (χ1v) is 9.61. The molecule has 1 fully saturated rings. The van der Waals surface area contributed by atoms with Gasteiger partial charge in [-0.15, -0.1) is 0 Å². The summed E-state index contributed by atoms with van der Waals surface area (Å²) in [5, 5.41) is 12.2. The van der Waals surface area contributed by atoms with Crippen LogP contribution in [0.5, 0.6) is 0 Å². The number of carbonyl (C=O) groups excluding carboxylic acids is 2. The minimum absolute atomic E-state index is 0.107. The lowest BCUT2D eigenvalue weighted by Crippen LogP contribution is -2.37. The molecule has 1 aromatic heterocycles. The number of likely N-dealkylation sites (tertiary alicyclic amines) is 1. The Hall–Kier alpha value is -3.80. The second-order valence-electron chi connectivity index (χ2n) is 7.31. The Morgan fingerprint density at radius 3 is 2.48 bits per heavy atom. The normalized spacial score (nSPS) is 13.9. The van der Waals surface area contributed by atoms with Crippen molar-refractivity contribution < 1.29 is 22.8 Å². The maximum atomic E-state index is 13.5. The van der Waals surface area contributed by atoms with Crippen LogP contribution < -0.4 is 5.32 Å². The molecule has 1 saturated heterocycles. The smallest absolute Gasteiger partial charge is 0.354 e. The van der Waals surface area contributed by atoms with E-state index in [0.717, 1.165) is 25.0 Å². The molecule has 0 aliphatic carbocycles. The molecule has 0 spiro atoms. The van der Waals surface area contributed by atoms with E-state index in [9.17, 15) is 22.8 Å². The highest BCUT2D eigenvalue weighted by molar-refractivity contribution is 6.39. The molecule has 0 unspecified atom stereocenters. The first kappa shape index (κ1) is 20.5. The summed E-state index contributed by atoms with van der Waals surface area (Å²) in [5.41, 5.74) is 0.128. The number of hydrogen-bond donors (Lipinski definition) is 2. The monoisotopic (exact) mass is 426 g/mol. The Morgan fingerprint density at radius 1 is 1.06 bits per heavy atom. The number of aromatic nitrogens is 1. The molecule has 2 amide bonds. The third kappa shape index (κ3) is 4.10. The third-order valence-corrected chi connectivity index (χ3v) is 5.21. The van der Waals surface area contributed by atoms with Gasteiger partial charge in [-0.05, 0) is 49.2 Å². The molecule has 0 bridgehead atoms. The molecule has 0 radical (unpaired) electrons. The number of halogens is 3. The van der Waals surface area contributed by atoms with Crippen molar-refractivity contribution in [1.29, 1.82) is 5.26 Å². The van der Waals surface area contributed by atoms with Gasteiger partial charge in [0.05, 0.1) is 17.2 Å². The van der Waals surface area contributed by atoms with Gasteiger partial charge in [0.2, 0.25) is 0 Å². The summed E-state index contributed by atoms with van der Waals surface area (Å²) in [6.07, 6.45) is -2.86. The van der Waals surface area contributed by atoms with Gasteiger partial charge in [-0.1, -0.05) is 6.07 Å². The van der Waals surface area contributed by atoms with Gasteiger partial charge in [-0.25, -0.2) is 0 Å². The van der Waals surface area contributed by atoms with Gasteiger partial charge in [0, 0.05) is 40.9 Å². The zero-order valence-electron chi connectivity index (χ0n) is 16.2. The number of nitrogens with zero attached hydrogens (tertiary/aromatic N) is 2. The van der Waals surface area contributed by atoms with E-state index in [1.165, 1.54) is 11.0 Å². The molecular formula is C22H17F3N4O2. The van der Waals surface area contributed by atoms with Crippen LogP contribution in [0.1, 0.15) is 24.0 Å². The summed E-state index contributed by atoms with van der Waals surface area (Å²) in [7, 11) is 0. The Bertz CT molecular complexity index is 1220. The van der Waals surface area contributed by atoms with Gasteiger partial charge in [0.1, 0.15) is 0 Å². The molecule has 1 aliphatic heterocycles. The highest BCUT2D eigenvalue weighted by atomic mass is 19.4. The number of amides is 2. The molecular weight excluding hydrogens is 409 g/mol. The standard InChI is InChI=1S/C22H17F3N4O2/c23-22(24,25)17-6-3-13(12-26)9-16(17)19-10-14-4-5-15(11-18(14)28-19)27-20(30)21(31)29-7-1-2-8-29/h3-6,9-11,28H,1-2,7-8H2,(H,27,30). The molecule has 0 atom stereocenters. The van der Waals surface area contributed by atoms with Gasteiger partial charge in [0.15, 0.2) is 0 Å². The van der Waals surface area contributed by atoms with Crippen LogP contribution in [0.2, 0.25) is 0 Å². The van der Waals surface area contributed by atoms with Crippen LogP contribution in [0, 0.1) is 11.3 Å². The van der Waals surface area contributed by atoms with Gasteiger partial charge >= 0.3 is 18.0 Å². The topological polar surface area (TPSA) is 89.0 Å². The van der Waals surface area contributed by atoms with Crippen molar-refractivity contribution in [3.05, 3.63) is 53.6 Å². The molecule has 6 nitrogen and oxygen atoms in total. The quantitative estimate of drug-likeness (QED) is 0.600. The Labute approximate surface area is 175 Å². The van der Waals surface area contributed by atoms with Crippen LogP contribution in [0.15, 0.2) is 42.5 Å². The van der Waals surface area contributed by atoms with Gasteiger partial charge in [-0.2, -0.15) is 18.4 Å². The fourth-order valence-corrected chi connectivity index (χ4v) is 3.68. The van der Waals surface area contributed by atoms with E-state index >= 15 is 0 Å². The Morgan fingerprint density at radius 2 is 1.81 bits per heavy atom. The SMILES string of the molecule is N#Cc1ccc(C(F)(F)F)c(-c2cc3ccc(NC(=O)C(=O)N4CCCC4)cc3[nH]2)c1. The summed E-state index contributed by atoms with van der Waals surface area (Å²) in [4.78, 5) is 28.8. The van der Waals surface area contributed by atoms with Crippen molar-refractivity contribution in [2.75, 3.05) is 18.4 Å². The molecule has 3 aromatic rings. The second kappa shape index (κ2) is 7.80. The van der Waals surface area contributed by atoms with Crippen molar-refractivity contribution >= 4 is 28.4 Å². The lowest BCUT2D eigenvalue weighted by Gasteiger charge is -2.14. The molecule has 158 valence electrons. The fraction of sp³-hybridized carbons (Fsp3) is 0.227. The minimum atomic E-state index is -4.59. The summed E-state index contributed by atoms with van der Waals surface area (Å²) in [6.45, 7) is 1.10. The number of hydrogen-bond acceptors (Lipinski definition) is 3. The van der Waals surface area contributed by atoms with Crippen molar-refractivity contribution in [2.45, 2.75) is 19.0 Å². The fourth-order valence-electron chi connectivity index (χ4n) is 3.68. The summed E-state index contributed by atoms with van der Waals surface area (Å²) in [5.74, 6) is -1.36. The van der Waals surface area contributed by atoms with E-state index in [1.807, 2.05) is 6.07 Å². The van der Waals surface area contributed by atoms with E-state index in [4.69, 9.17) is 5.26 Å². The number of nitriles is 1. The second-order valence-corrected chi connectivity index (χ2v) is 7.31. The van der Waals surface area contributed by atoms with Crippen molar-refractivity contribution in [3.8, 4) is 17.3 Å². The van der Waals surface area contributed by atoms with Crippen LogP contribution in [0.3, 0.4) is 0 Å². The van der Waals surface area contributed by atoms with Crippen molar-refractivity contribution in [2.24, 2.45) is 0 Å². The molecule has 31 heavy (non-hydrogen) atoms. The molecule has 0 saturated carbocycles. The van der Waals surface area contributed by atoms with Crippen LogP contribution in [0.25, 0.3) is 22.2 Å².